The van der Waals surface area contributed by atoms with Gasteiger partial charge in [0.25, 0.3) is 0 Å². The molecule has 0 saturated carbocycles. The normalized spacial score (nSPS) is 15.0. The molecule has 1 atom stereocenters. The van der Waals surface area contributed by atoms with Crippen LogP contribution in [-0.2, 0) is 0 Å². The molecular formula is C7H14F3N. The van der Waals surface area contributed by atoms with Gasteiger partial charge in [-0.3, -0.25) is 0 Å². The summed E-state index contributed by atoms with van der Waals surface area (Å²) in [5.74, 6) is -1.16. The molecule has 2 N–H and O–H groups in total. The Hall–Kier alpha value is -0.250. The van der Waals surface area contributed by atoms with Gasteiger partial charge < -0.3 is 5.73 Å². The highest BCUT2D eigenvalue weighted by molar-refractivity contribution is 4.65. The molecule has 4 heteroatoms. The quantitative estimate of drug-likeness (QED) is 0.686. The molecule has 68 valence electrons. The summed E-state index contributed by atoms with van der Waals surface area (Å²) in [6.45, 7) is 1.89. The van der Waals surface area contributed by atoms with Gasteiger partial charge in [-0.2, -0.15) is 13.2 Å². The molecule has 0 saturated heterocycles. The molecule has 0 rings (SSSR count). The maximum Gasteiger partial charge on any atom is 0.391 e. The first-order valence-electron chi connectivity index (χ1n) is 3.79. The van der Waals surface area contributed by atoms with Crippen LogP contribution < -0.4 is 5.73 Å². The van der Waals surface area contributed by atoms with Gasteiger partial charge in [0.1, 0.15) is 0 Å². The zero-order chi connectivity index (χ0) is 8.91. The highest BCUT2D eigenvalue weighted by Gasteiger charge is 2.37. The molecular weight excluding hydrogens is 155 g/mol. The Labute approximate surface area is 64.8 Å². The molecule has 0 bridgehead atoms. The standard InChI is InChI=1S/C7H14F3N/c1-2-6(4-3-5-11)7(8,9)10/h6H,2-5,11H2,1H3. The SMILES string of the molecule is CCC(CCCN)C(F)(F)F. The molecule has 0 aromatic rings. The first-order valence-corrected chi connectivity index (χ1v) is 3.79. The van der Waals surface area contributed by atoms with Crippen LogP contribution in [0.25, 0.3) is 0 Å². The van der Waals surface area contributed by atoms with Crippen LogP contribution in [0.1, 0.15) is 26.2 Å². The highest BCUT2D eigenvalue weighted by atomic mass is 19.4. The summed E-state index contributed by atoms with van der Waals surface area (Å²) >= 11 is 0. The Balaban J connectivity index is 3.76. The van der Waals surface area contributed by atoms with Crippen molar-refractivity contribution in [2.24, 2.45) is 11.7 Å². The molecule has 0 aromatic heterocycles. The lowest BCUT2D eigenvalue weighted by Crippen LogP contribution is -2.22. The summed E-state index contributed by atoms with van der Waals surface area (Å²) in [4.78, 5) is 0. The molecule has 0 aliphatic rings. The van der Waals surface area contributed by atoms with Gasteiger partial charge in [0.05, 0.1) is 5.92 Å². The van der Waals surface area contributed by atoms with Crippen molar-refractivity contribution in [1.82, 2.24) is 0 Å². The van der Waals surface area contributed by atoms with Gasteiger partial charge in [-0.05, 0) is 25.8 Å². The number of nitrogens with two attached hydrogens (primary N) is 1. The second kappa shape index (κ2) is 4.59. The third-order valence-corrected chi connectivity index (χ3v) is 1.71. The minimum Gasteiger partial charge on any atom is -0.330 e. The van der Waals surface area contributed by atoms with E-state index in [4.69, 9.17) is 5.73 Å². The van der Waals surface area contributed by atoms with Crippen LogP contribution in [-0.4, -0.2) is 12.7 Å². The fourth-order valence-corrected chi connectivity index (χ4v) is 0.963. The van der Waals surface area contributed by atoms with E-state index in [1.807, 2.05) is 0 Å². The number of hydrogen-bond acceptors (Lipinski definition) is 1. The summed E-state index contributed by atoms with van der Waals surface area (Å²) in [7, 11) is 0. The van der Waals surface area contributed by atoms with E-state index in [9.17, 15) is 13.2 Å². The summed E-state index contributed by atoms with van der Waals surface area (Å²) in [6, 6.07) is 0. The Morgan fingerprint density at radius 2 is 1.91 bits per heavy atom. The smallest absolute Gasteiger partial charge is 0.330 e. The topological polar surface area (TPSA) is 26.0 Å². The van der Waals surface area contributed by atoms with Crippen molar-refractivity contribution in [3.8, 4) is 0 Å². The van der Waals surface area contributed by atoms with Crippen molar-refractivity contribution in [2.75, 3.05) is 6.54 Å². The Kier molecular flexibility index (Phi) is 4.49. The Morgan fingerprint density at radius 1 is 1.36 bits per heavy atom. The zero-order valence-corrected chi connectivity index (χ0v) is 6.62. The van der Waals surface area contributed by atoms with Gasteiger partial charge in [-0.1, -0.05) is 6.92 Å². The van der Waals surface area contributed by atoms with Crippen molar-refractivity contribution in [2.45, 2.75) is 32.4 Å². The molecule has 0 aromatic carbocycles. The van der Waals surface area contributed by atoms with E-state index in [1.165, 1.54) is 0 Å². The lowest BCUT2D eigenvalue weighted by atomic mass is 10.00. The molecule has 0 aliphatic carbocycles. The molecule has 0 heterocycles. The van der Waals surface area contributed by atoms with Crippen molar-refractivity contribution in [3.05, 3.63) is 0 Å². The van der Waals surface area contributed by atoms with Crippen molar-refractivity contribution in [3.63, 3.8) is 0 Å². The van der Waals surface area contributed by atoms with Gasteiger partial charge >= 0.3 is 6.18 Å². The van der Waals surface area contributed by atoms with Gasteiger partial charge in [-0.15, -0.1) is 0 Å². The van der Waals surface area contributed by atoms with Crippen molar-refractivity contribution in [1.29, 1.82) is 0 Å². The van der Waals surface area contributed by atoms with Crippen LogP contribution >= 0.6 is 0 Å². The van der Waals surface area contributed by atoms with Crippen LogP contribution in [0.2, 0.25) is 0 Å². The van der Waals surface area contributed by atoms with Crippen LogP contribution in [0.15, 0.2) is 0 Å². The second-order valence-corrected chi connectivity index (χ2v) is 2.58. The zero-order valence-electron chi connectivity index (χ0n) is 6.62. The van der Waals surface area contributed by atoms with Crippen LogP contribution in [0.3, 0.4) is 0 Å². The molecule has 1 nitrogen and oxygen atoms in total. The molecule has 0 aliphatic heterocycles. The number of halogens is 3. The van der Waals surface area contributed by atoms with Crippen molar-refractivity contribution < 1.29 is 13.2 Å². The largest absolute Gasteiger partial charge is 0.391 e. The van der Waals surface area contributed by atoms with E-state index in [0.29, 0.717) is 13.0 Å². The molecule has 0 amide bonds. The van der Waals surface area contributed by atoms with E-state index in [2.05, 4.69) is 0 Å². The molecule has 0 fully saturated rings. The first-order chi connectivity index (χ1) is 5.02. The number of alkyl halides is 3. The Bertz CT molecular complexity index is 100. The lowest BCUT2D eigenvalue weighted by Gasteiger charge is -2.17. The van der Waals surface area contributed by atoms with Crippen LogP contribution in [0.5, 0.6) is 0 Å². The third-order valence-electron chi connectivity index (χ3n) is 1.71. The predicted molar refractivity (Wildman–Crippen MR) is 38.1 cm³/mol. The summed E-state index contributed by atoms with van der Waals surface area (Å²) in [5, 5.41) is 0. The van der Waals surface area contributed by atoms with Gasteiger partial charge in [0.15, 0.2) is 0 Å². The molecule has 0 spiro atoms. The van der Waals surface area contributed by atoms with E-state index in [0.717, 1.165) is 0 Å². The van der Waals surface area contributed by atoms with Crippen molar-refractivity contribution >= 4 is 0 Å². The molecule has 0 radical (unpaired) electrons. The summed E-state index contributed by atoms with van der Waals surface area (Å²) < 4.78 is 36.0. The number of rotatable bonds is 4. The first kappa shape index (κ1) is 10.8. The van der Waals surface area contributed by atoms with E-state index < -0.39 is 12.1 Å². The van der Waals surface area contributed by atoms with E-state index in [1.54, 1.807) is 6.92 Å². The lowest BCUT2D eigenvalue weighted by molar-refractivity contribution is -0.177. The molecule has 1 unspecified atom stereocenters. The maximum atomic E-state index is 12.0. The van der Waals surface area contributed by atoms with Crippen LogP contribution in [0.4, 0.5) is 13.2 Å². The predicted octanol–water partition coefficient (Wildman–Crippen LogP) is 2.31. The number of hydrogen-bond donors (Lipinski definition) is 1. The third kappa shape index (κ3) is 4.24. The van der Waals surface area contributed by atoms with Crippen LogP contribution in [0, 0.1) is 5.92 Å². The van der Waals surface area contributed by atoms with E-state index in [-0.39, 0.29) is 12.8 Å². The average molecular weight is 169 g/mol. The second-order valence-electron chi connectivity index (χ2n) is 2.58. The minimum atomic E-state index is -4.04. The Morgan fingerprint density at radius 3 is 2.18 bits per heavy atom. The molecule has 11 heavy (non-hydrogen) atoms. The monoisotopic (exact) mass is 169 g/mol. The van der Waals surface area contributed by atoms with Gasteiger partial charge in [0, 0.05) is 0 Å². The fraction of sp³-hybridized carbons (Fsp3) is 1.00. The fourth-order valence-electron chi connectivity index (χ4n) is 0.963. The maximum absolute atomic E-state index is 12.0. The summed E-state index contributed by atoms with van der Waals surface area (Å²) in [5.41, 5.74) is 5.11. The summed E-state index contributed by atoms with van der Waals surface area (Å²) in [6.07, 6.45) is -3.26. The minimum absolute atomic E-state index is 0.156. The average Bonchev–Trinajstić information content (AvgIpc) is 1.87. The van der Waals surface area contributed by atoms with E-state index >= 15 is 0 Å². The highest BCUT2D eigenvalue weighted by Crippen LogP contribution is 2.31. The van der Waals surface area contributed by atoms with Gasteiger partial charge in [-0.25, -0.2) is 0 Å². The van der Waals surface area contributed by atoms with Gasteiger partial charge in [0.2, 0.25) is 0 Å².